The molecule has 1 fully saturated rings. The van der Waals surface area contributed by atoms with E-state index >= 15 is 0 Å². The largest absolute Gasteiger partial charge is 0.294 e. The normalized spacial score (nSPS) is 20.9. The Kier molecular flexibility index (Phi) is 5.43. The topological polar surface area (TPSA) is 33.2 Å². The van der Waals surface area contributed by atoms with Crippen molar-refractivity contribution in [2.75, 3.05) is 6.54 Å². The van der Waals surface area contributed by atoms with Crippen molar-refractivity contribution in [2.45, 2.75) is 26.4 Å². The van der Waals surface area contributed by atoms with Crippen LogP contribution in [0.1, 0.15) is 35.9 Å². The smallest absolute Gasteiger partial charge is 0.167 e. The molecule has 0 bridgehead atoms. The van der Waals surface area contributed by atoms with Crippen LogP contribution in [0.25, 0.3) is 6.08 Å². The molecule has 3 nitrogen and oxygen atoms in total. The third-order valence-electron chi connectivity index (χ3n) is 5.28. The third kappa shape index (κ3) is 4.07. The van der Waals surface area contributed by atoms with Crippen molar-refractivity contribution in [1.82, 2.24) is 9.88 Å². The van der Waals surface area contributed by atoms with Gasteiger partial charge in [0.15, 0.2) is 5.78 Å². The Bertz CT molecular complexity index is 1030. The zero-order chi connectivity index (χ0) is 20.4. The molecule has 0 aliphatic carbocycles. The summed E-state index contributed by atoms with van der Waals surface area (Å²) in [4.78, 5) is 21.0. The summed E-state index contributed by atoms with van der Waals surface area (Å²) in [6.07, 6.45) is 5.30. The van der Waals surface area contributed by atoms with Gasteiger partial charge in [0.25, 0.3) is 0 Å². The fraction of sp³-hybridized carbons (Fsp3) is 0.250. The standard InChI is InChI=1S/C24H23FN2OS/c1-24(2)16-27(15-18-8-6-12-29-18)22(19-9-3-4-10-21(19)25)20(23(24)28)13-17-7-5-11-26-14-17/h3-14,22H,15-16H2,1-2H3. The van der Waals surface area contributed by atoms with Crippen molar-refractivity contribution in [1.29, 1.82) is 0 Å². The van der Waals surface area contributed by atoms with Crippen LogP contribution in [-0.2, 0) is 11.3 Å². The lowest BCUT2D eigenvalue weighted by molar-refractivity contribution is -0.128. The summed E-state index contributed by atoms with van der Waals surface area (Å²) in [6.45, 7) is 5.15. The van der Waals surface area contributed by atoms with Gasteiger partial charge in [0.2, 0.25) is 0 Å². The van der Waals surface area contributed by atoms with Crippen molar-refractivity contribution in [2.24, 2.45) is 5.41 Å². The van der Waals surface area contributed by atoms with E-state index in [1.54, 1.807) is 35.9 Å². The maximum Gasteiger partial charge on any atom is 0.167 e. The molecule has 0 spiro atoms. The Hall–Kier alpha value is -2.63. The number of Topliss-reactive ketones (excluding diaryl/α,β-unsaturated/α-hetero) is 1. The summed E-state index contributed by atoms with van der Waals surface area (Å²) < 4.78 is 14.9. The molecule has 1 aliphatic heterocycles. The lowest BCUT2D eigenvalue weighted by Gasteiger charge is -2.44. The van der Waals surface area contributed by atoms with Gasteiger partial charge >= 0.3 is 0 Å². The molecular weight excluding hydrogens is 383 g/mol. The van der Waals surface area contributed by atoms with E-state index in [0.717, 1.165) is 5.56 Å². The molecular formula is C24H23FN2OS. The van der Waals surface area contributed by atoms with E-state index in [2.05, 4.69) is 16.0 Å². The number of hydrogen-bond acceptors (Lipinski definition) is 4. The molecule has 0 saturated carbocycles. The number of hydrogen-bond donors (Lipinski definition) is 0. The fourth-order valence-corrected chi connectivity index (χ4v) is 4.71. The lowest BCUT2D eigenvalue weighted by Crippen LogP contribution is -2.49. The van der Waals surface area contributed by atoms with Crippen LogP contribution in [0.15, 0.2) is 71.9 Å². The summed E-state index contributed by atoms with van der Waals surface area (Å²) >= 11 is 1.67. The van der Waals surface area contributed by atoms with Gasteiger partial charge in [0.05, 0.1) is 6.04 Å². The Labute approximate surface area is 174 Å². The van der Waals surface area contributed by atoms with Crippen LogP contribution in [0.2, 0.25) is 0 Å². The minimum Gasteiger partial charge on any atom is -0.294 e. The molecule has 2 aromatic heterocycles. The van der Waals surface area contributed by atoms with Crippen LogP contribution in [0, 0.1) is 11.2 Å². The summed E-state index contributed by atoms with van der Waals surface area (Å²) in [5.74, 6) is -0.240. The molecule has 0 N–H and O–H groups in total. The van der Waals surface area contributed by atoms with E-state index < -0.39 is 11.5 Å². The van der Waals surface area contributed by atoms with Crippen molar-refractivity contribution in [3.8, 4) is 0 Å². The number of ketones is 1. The minimum absolute atomic E-state index is 0.0528. The highest BCUT2D eigenvalue weighted by Gasteiger charge is 2.44. The molecule has 1 aliphatic rings. The number of likely N-dealkylation sites (tertiary alicyclic amines) is 1. The number of rotatable bonds is 4. The number of aromatic nitrogens is 1. The Morgan fingerprint density at radius 1 is 1.21 bits per heavy atom. The molecule has 1 aromatic carbocycles. The maximum atomic E-state index is 14.9. The second-order valence-corrected chi connectivity index (χ2v) is 9.04. The van der Waals surface area contributed by atoms with Crippen LogP contribution in [0.4, 0.5) is 4.39 Å². The zero-order valence-corrected chi connectivity index (χ0v) is 17.3. The molecule has 0 amide bonds. The van der Waals surface area contributed by atoms with Gasteiger partial charge in [0.1, 0.15) is 5.82 Å². The van der Waals surface area contributed by atoms with Gasteiger partial charge in [-0.2, -0.15) is 0 Å². The molecule has 3 heterocycles. The first kappa shape index (κ1) is 19.7. The molecule has 3 aromatic rings. The van der Waals surface area contributed by atoms with Crippen LogP contribution in [0.3, 0.4) is 0 Å². The quantitative estimate of drug-likeness (QED) is 0.535. The molecule has 5 heteroatoms. The van der Waals surface area contributed by atoms with E-state index in [4.69, 9.17) is 0 Å². The van der Waals surface area contributed by atoms with Gasteiger partial charge in [-0.05, 0) is 35.2 Å². The SMILES string of the molecule is CC1(C)CN(Cc2cccs2)C(c2ccccc2F)C(=Cc2cccnc2)C1=O. The monoisotopic (exact) mass is 406 g/mol. The van der Waals surface area contributed by atoms with Gasteiger partial charge in [0, 0.05) is 46.9 Å². The average Bonchev–Trinajstić information content (AvgIpc) is 3.21. The predicted octanol–water partition coefficient (Wildman–Crippen LogP) is 5.52. The second kappa shape index (κ2) is 8.01. The van der Waals surface area contributed by atoms with Crippen molar-refractivity contribution < 1.29 is 9.18 Å². The van der Waals surface area contributed by atoms with E-state index in [1.165, 1.54) is 10.9 Å². The highest BCUT2D eigenvalue weighted by Crippen LogP contribution is 2.43. The third-order valence-corrected chi connectivity index (χ3v) is 6.14. The number of carbonyl (C=O) groups is 1. The van der Waals surface area contributed by atoms with Crippen LogP contribution < -0.4 is 0 Å². The molecule has 1 atom stereocenters. The molecule has 4 rings (SSSR count). The lowest BCUT2D eigenvalue weighted by atomic mass is 9.74. The highest BCUT2D eigenvalue weighted by atomic mass is 32.1. The number of benzene rings is 1. The van der Waals surface area contributed by atoms with Gasteiger partial charge in [-0.3, -0.25) is 14.7 Å². The first-order valence-corrected chi connectivity index (χ1v) is 10.5. The number of piperidine rings is 1. The highest BCUT2D eigenvalue weighted by molar-refractivity contribution is 7.09. The summed E-state index contributed by atoms with van der Waals surface area (Å²) in [5.41, 5.74) is 1.41. The Balaban J connectivity index is 1.87. The summed E-state index contributed by atoms with van der Waals surface area (Å²) in [7, 11) is 0. The first-order chi connectivity index (χ1) is 14.0. The molecule has 29 heavy (non-hydrogen) atoms. The van der Waals surface area contributed by atoms with Crippen LogP contribution >= 0.6 is 11.3 Å². The van der Waals surface area contributed by atoms with Gasteiger partial charge in [-0.1, -0.05) is 44.2 Å². The van der Waals surface area contributed by atoms with E-state index in [0.29, 0.717) is 24.2 Å². The van der Waals surface area contributed by atoms with Crippen LogP contribution in [-0.4, -0.2) is 22.2 Å². The van der Waals surface area contributed by atoms with Crippen molar-refractivity contribution >= 4 is 23.2 Å². The Morgan fingerprint density at radius 3 is 2.72 bits per heavy atom. The maximum absolute atomic E-state index is 14.9. The number of carbonyl (C=O) groups excluding carboxylic acids is 1. The van der Waals surface area contributed by atoms with Gasteiger partial charge in [-0.15, -0.1) is 11.3 Å². The number of halogens is 1. The van der Waals surface area contributed by atoms with E-state index in [9.17, 15) is 9.18 Å². The number of thiophene rings is 1. The van der Waals surface area contributed by atoms with Crippen molar-refractivity contribution in [3.63, 3.8) is 0 Å². The summed E-state index contributed by atoms with van der Waals surface area (Å²) in [6, 6.07) is 14.2. The molecule has 1 saturated heterocycles. The Morgan fingerprint density at radius 2 is 2.03 bits per heavy atom. The second-order valence-electron chi connectivity index (χ2n) is 8.01. The fourth-order valence-electron chi connectivity index (χ4n) is 3.98. The first-order valence-electron chi connectivity index (χ1n) is 9.63. The van der Waals surface area contributed by atoms with Gasteiger partial charge in [-0.25, -0.2) is 4.39 Å². The molecule has 148 valence electrons. The van der Waals surface area contributed by atoms with Gasteiger partial charge < -0.3 is 0 Å². The minimum atomic E-state index is -0.562. The van der Waals surface area contributed by atoms with Crippen LogP contribution in [0.5, 0.6) is 0 Å². The molecule has 1 unspecified atom stereocenters. The summed E-state index contributed by atoms with van der Waals surface area (Å²) in [5, 5.41) is 2.04. The molecule has 0 radical (unpaired) electrons. The zero-order valence-electron chi connectivity index (χ0n) is 16.5. The van der Waals surface area contributed by atoms with E-state index in [1.807, 2.05) is 49.6 Å². The van der Waals surface area contributed by atoms with E-state index in [-0.39, 0.29) is 11.6 Å². The number of nitrogens with zero attached hydrogens (tertiary/aromatic N) is 2. The van der Waals surface area contributed by atoms with Crippen molar-refractivity contribution in [3.05, 3.63) is 93.7 Å². The number of pyridine rings is 1. The average molecular weight is 407 g/mol. The predicted molar refractivity (Wildman–Crippen MR) is 115 cm³/mol.